The fourth-order valence-electron chi connectivity index (χ4n) is 3.08. The summed E-state index contributed by atoms with van der Waals surface area (Å²) in [5, 5.41) is 0. The number of hydrogen-bond acceptors (Lipinski definition) is 3. The molecule has 1 heterocycles. The van der Waals surface area contributed by atoms with E-state index in [0.717, 1.165) is 31.5 Å². The molecule has 0 radical (unpaired) electrons. The molecule has 0 saturated carbocycles. The molecule has 21 heavy (non-hydrogen) atoms. The van der Waals surface area contributed by atoms with Crippen LogP contribution in [0.3, 0.4) is 0 Å². The molecule has 1 aromatic rings. The molecule has 0 aliphatic heterocycles. The Morgan fingerprint density at radius 2 is 1.76 bits per heavy atom. The fourth-order valence-corrected chi connectivity index (χ4v) is 3.08. The van der Waals surface area contributed by atoms with E-state index in [0.29, 0.717) is 12.0 Å². The van der Waals surface area contributed by atoms with Gasteiger partial charge in [-0.25, -0.2) is 0 Å². The van der Waals surface area contributed by atoms with Gasteiger partial charge in [0, 0.05) is 24.8 Å². The van der Waals surface area contributed by atoms with Crippen LogP contribution in [0.25, 0.3) is 0 Å². The van der Waals surface area contributed by atoms with Gasteiger partial charge in [-0.1, -0.05) is 40.7 Å². The van der Waals surface area contributed by atoms with Gasteiger partial charge in [0.25, 0.3) is 0 Å². The lowest BCUT2D eigenvalue weighted by Crippen LogP contribution is -2.47. The highest BCUT2D eigenvalue weighted by Gasteiger charge is 2.31. The smallest absolute Gasteiger partial charge is 0.0676 e. The van der Waals surface area contributed by atoms with Crippen LogP contribution < -0.4 is 5.73 Å². The molecule has 0 amide bonds. The van der Waals surface area contributed by atoms with E-state index < -0.39 is 0 Å². The van der Waals surface area contributed by atoms with E-state index in [1.807, 2.05) is 12.3 Å². The van der Waals surface area contributed by atoms with Gasteiger partial charge in [0.2, 0.25) is 0 Å². The van der Waals surface area contributed by atoms with Crippen LogP contribution in [0.4, 0.5) is 0 Å². The summed E-state index contributed by atoms with van der Waals surface area (Å²) >= 11 is 0. The van der Waals surface area contributed by atoms with E-state index in [-0.39, 0.29) is 12.1 Å². The predicted octanol–water partition coefficient (Wildman–Crippen LogP) is 4.01. The Labute approximate surface area is 130 Å². The molecule has 0 aliphatic carbocycles. The number of aromatic nitrogens is 1. The lowest BCUT2D eigenvalue weighted by atomic mass is 9.95. The van der Waals surface area contributed by atoms with Crippen LogP contribution in [-0.2, 0) is 0 Å². The molecule has 3 heteroatoms. The van der Waals surface area contributed by atoms with Gasteiger partial charge >= 0.3 is 0 Å². The summed E-state index contributed by atoms with van der Waals surface area (Å²) in [6.45, 7) is 12.3. The number of nitrogens with two attached hydrogens (primary N) is 1. The van der Waals surface area contributed by atoms with Gasteiger partial charge in [-0.15, -0.1) is 0 Å². The minimum Gasteiger partial charge on any atom is -0.326 e. The molecule has 3 nitrogen and oxygen atoms in total. The van der Waals surface area contributed by atoms with Crippen molar-refractivity contribution in [1.29, 1.82) is 0 Å². The first-order chi connectivity index (χ1) is 10.0. The van der Waals surface area contributed by atoms with Crippen molar-refractivity contribution < 1.29 is 0 Å². The normalized spacial score (nSPS) is 14.9. The summed E-state index contributed by atoms with van der Waals surface area (Å²) in [5.41, 5.74) is 7.60. The molecule has 0 spiro atoms. The average molecular weight is 291 g/mol. The van der Waals surface area contributed by atoms with Crippen molar-refractivity contribution in [3.05, 3.63) is 30.1 Å². The number of pyridine rings is 1. The third kappa shape index (κ3) is 5.08. The zero-order valence-electron chi connectivity index (χ0n) is 14.4. The van der Waals surface area contributed by atoms with E-state index in [1.165, 1.54) is 0 Å². The van der Waals surface area contributed by atoms with Crippen molar-refractivity contribution >= 4 is 0 Å². The first kappa shape index (κ1) is 18.1. The lowest BCUT2D eigenvalue weighted by Gasteiger charge is -2.41. The van der Waals surface area contributed by atoms with Crippen molar-refractivity contribution in [3.8, 4) is 0 Å². The second-order valence-electron chi connectivity index (χ2n) is 6.33. The monoisotopic (exact) mass is 291 g/mol. The summed E-state index contributed by atoms with van der Waals surface area (Å²) < 4.78 is 0. The number of rotatable bonds is 9. The van der Waals surface area contributed by atoms with Crippen LogP contribution in [0.1, 0.15) is 65.6 Å². The van der Waals surface area contributed by atoms with Crippen LogP contribution in [0, 0.1) is 5.92 Å². The zero-order chi connectivity index (χ0) is 15.8. The van der Waals surface area contributed by atoms with Gasteiger partial charge in [-0.05, 0) is 37.3 Å². The molecule has 0 saturated heterocycles. The van der Waals surface area contributed by atoms with Crippen molar-refractivity contribution in [2.75, 3.05) is 6.54 Å². The zero-order valence-corrected chi connectivity index (χ0v) is 14.4. The standard InChI is InChI=1S/C18H33N3/c1-6-15(7-2)21(13-14(4)5)18(16(19)8-3)17-11-9-10-12-20-17/h9-12,14-16,18H,6-8,13,19H2,1-5H3. The molecule has 1 rings (SSSR count). The molecule has 2 unspecified atom stereocenters. The van der Waals surface area contributed by atoms with Gasteiger partial charge in [0.1, 0.15) is 0 Å². The summed E-state index contributed by atoms with van der Waals surface area (Å²) in [5.74, 6) is 0.626. The van der Waals surface area contributed by atoms with E-state index in [4.69, 9.17) is 5.73 Å². The first-order valence-electron chi connectivity index (χ1n) is 8.47. The van der Waals surface area contributed by atoms with E-state index in [2.05, 4.69) is 56.6 Å². The highest BCUT2D eigenvalue weighted by Crippen LogP contribution is 2.28. The highest BCUT2D eigenvalue weighted by atomic mass is 15.2. The second-order valence-corrected chi connectivity index (χ2v) is 6.33. The van der Waals surface area contributed by atoms with E-state index in [9.17, 15) is 0 Å². The molecule has 1 aromatic heterocycles. The molecule has 120 valence electrons. The van der Waals surface area contributed by atoms with Crippen LogP contribution >= 0.6 is 0 Å². The van der Waals surface area contributed by atoms with Crippen LogP contribution in [-0.4, -0.2) is 28.5 Å². The third-order valence-electron chi connectivity index (χ3n) is 4.21. The Bertz CT molecular complexity index is 373. The Morgan fingerprint density at radius 1 is 1.10 bits per heavy atom. The van der Waals surface area contributed by atoms with Crippen molar-refractivity contribution in [1.82, 2.24) is 9.88 Å². The summed E-state index contributed by atoms with van der Waals surface area (Å²) in [6.07, 6.45) is 5.16. The molecule has 0 aliphatic rings. The molecule has 0 bridgehead atoms. The number of nitrogens with zero attached hydrogens (tertiary/aromatic N) is 2. The highest BCUT2D eigenvalue weighted by molar-refractivity contribution is 5.12. The first-order valence-corrected chi connectivity index (χ1v) is 8.47. The van der Waals surface area contributed by atoms with Crippen LogP contribution in [0.2, 0.25) is 0 Å². The largest absolute Gasteiger partial charge is 0.326 e. The Morgan fingerprint density at radius 3 is 2.19 bits per heavy atom. The summed E-state index contributed by atoms with van der Waals surface area (Å²) in [6, 6.07) is 7.07. The Kier molecular flexibility index (Phi) is 7.91. The van der Waals surface area contributed by atoms with Gasteiger partial charge in [0.15, 0.2) is 0 Å². The number of hydrogen-bond donors (Lipinski definition) is 1. The maximum atomic E-state index is 6.49. The minimum atomic E-state index is 0.124. The summed E-state index contributed by atoms with van der Waals surface area (Å²) in [4.78, 5) is 7.20. The van der Waals surface area contributed by atoms with Gasteiger partial charge in [-0.2, -0.15) is 0 Å². The maximum Gasteiger partial charge on any atom is 0.0676 e. The SMILES string of the molecule is CCC(N)C(c1ccccn1)N(CC(C)C)C(CC)CC. The third-order valence-corrected chi connectivity index (χ3v) is 4.21. The van der Waals surface area contributed by atoms with Gasteiger partial charge in [-0.3, -0.25) is 9.88 Å². The second kappa shape index (κ2) is 9.16. The topological polar surface area (TPSA) is 42.1 Å². The van der Waals surface area contributed by atoms with Crippen molar-refractivity contribution in [2.24, 2.45) is 11.7 Å². The predicted molar refractivity (Wildman–Crippen MR) is 91.2 cm³/mol. The molecule has 0 aromatic carbocycles. The van der Waals surface area contributed by atoms with Crippen molar-refractivity contribution in [3.63, 3.8) is 0 Å². The van der Waals surface area contributed by atoms with Gasteiger partial charge < -0.3 is 5.73 Å². The van der Waals surface area contributed by atoms with E-state index in [1.54, 1.807) is 0 Å². The molecule has 2 atom stereocenters. The van der Waals surface area contributed by atoms with Crippen molar-refractivity contribution in [2.45, 2.75) is 72.0 Å². The molecule has 0 fully saturated rings. The molecule has 2 N–H and O–H groups in total. The van der Waals surface area contributed by atoms with Crippen LogP contribution in [0.5, 0.6) is 0 Å². The van der Waals surface area contributed by atoms with Gasteiger partial charge in [0.05, 0.1) is 11.7 Å². The lowest BCUT2D eigenvalue weighted by molar-refractivity contribution is 0.0886. The van der Waals surface area contributed by atoms with Crippen LogP contribution in [0.15, 0.2) is 24.4 Å². The summed E-state index contributed by atoms with van der Waals surface area (Å²) in [7, 11) is 0. The minimum absolute atomic E-state index is 0.124. The maximum absolute atomic E-state index is 6.49. The molecular formula is C18H33N3. The Hall–Kier alpha value is -0.930. The fraction of sp³-hybridized carbons (Fsp3) is 0.722. The average Bonchev–Trinajstić information content (AvgIpc) is 2.49. The quantitative estimate of drug-likeness (QED) is 0.747. The van der Waals surface area contributed by atoms with E-state index >= 15 is 0 Å². The Balaban J connectivity index is 3.16. The molecular weight excluding hydrogens is 258 g/mol.